The van der Waals surface area contributed by atoms with E-state index in [0.29, 0.717) is 36.9 Å². The van der Waals surface area contributed by atoms with Crippen LogP contribution in [0.1, 0.15) is 27.5 Å². The molecule has 2 aromatic rings. The van der Waals surface area contributed by atoms with E-state index >= 15 is 0 Å². The molecule has 0 aromatic heterocycles. The molecule has 3 N–H and O–H groups in total. The summed E-state index contributed by atoms with van der Waals surface area (Å²) in [6.45, 7) is 3.97. The summed E-state index contributed by atoms with van der Waals surface area (Å²) in [6, 6.07) is 15.2. The number of morpholine rings is 1. The molecule has 1 aliphatic rings. The second-order valence-electron chi connectivity index (χ2n) is 6.30. The van der Waals surface area contributed by atoms with Gasteiger partial charge in [0, 0.05) is 36.8 Å². The van der Waals surface area contributed by atoms with Crippen LogP contribution in [0.4, 0.5) is 0 Å². The molecule has 146 valence electrons. The number of carbonyl (C=O) groups excluding carboxylic acids is 1. The lowest BCUT2D eigenvalue weighted by Crippen LogP contribution is -2.44. The zero-order chi connectivity index (χ0) is 18.4. The third-order valence-corrected chi connectivity index (χ3v) is 5.00. The van der Waals surface area contributed by atoms with Gasteiger partial charge in [0.2, 0.25) is 0 Å². The third kappa shape index (κ3) is 5.67. The third-order valence-electron chi connectivity index (χ3n) is 4.66. The van der Waals surface area contributed by atoms with Crippen LogP contribution in [0, 0.1) is 0 Å². The van der Waals surface area contributed by atoms with Crippen LogP contribution in [0.15, 0.2) is 48.5 Å². The lowest BCUT2D eigenvalue weighted by atomic mass is 10.0. The minimum absolute atomic E-state index is 0. The van der Waals surface area contributed by atoms with E-state index in [-0.39, 0.29) is 24.4 Å². The number of rotatable bonds is 6. The van der Waals surface area contributed by atoms with Gasteiger partial charge in [-0.1, -0.05) is 41.9 Å². The van der Waals surface area contributed by atoms with E-state index in [1.165, 1.54) is 0 Å². The summed E-state index contributed by atoms with van der Waals surface area (Å²) < 4.78 is 5.46. The molecule has 1 unspecified atom stereocenters. The molecule has 0 spiro atoms. The van der Waals surface area contributed by atoms with Crippen LogP contribution in [0.3, 0.4) is 0 Å². The average molecular weight is 410 g/mol. The Balaban J connectivity index is 0.00000261. The van der Waals surface area contributed by atoms with Gasteiger partial charge in [-0.3, -0.25) is 9.69 Å². The van der Waals surface area contributed by atoms with Crippen molar-refractivity contribution in [3.05, 3.63) is 70.2 Å². The van der Waals surface area contributed by atoms with Crippen molar-refractivity contribution in [2.24, 2.45) is 5.73 Å². The molecule has 1 heterocycles. The van der Waals surface area contributed by atoms with Gasteiger partial charge in [-0.05, 0) is 29.3 Å². The number of nitrogens with two attached hydrogens (primary N) is 1. The fourth-order valence-corrected chi connectivity index (χ4v) is 3.42. The Bertz CT molecular complexity index is 734. The Hall–Kier alpha value is -1.63. The van der Waals surface area contributed by atoms with Crippen molar-refractivity contribution in [1.29, 1.82) is 0 Å². The quantitative estimate of drug-likeness (QED) is 0.769. The van der Waals surface area contributed by atoms with Crippen molar-refractivity contribution < 1.29 is 9.53 Å². The highest BCUT2D eigenvalue weighted by Gasteiger charge is 2.25. The van der Waals surface area contributed by atoms with Gasteiger partial charge in [-0.25, -0.2) is 0 Å². The monoisotopic (exact) mass is 409 g/mol. The molecule has 0 saturated carbocycles. The van der Waals surface area contributed by atoms with Crippen molar-refractivity contribution in [1.82, 2.24) is 10.2 Å². The maximum Gasteiger partial charge on any atom is 0.251 e. The summed E-state index contributed by atoms with van der Waals surface area (Å²) >= 11 is 6.42. The number of ether oxygens (including phenoxy) is 1. The first kappa shape index (κ1) is 21.7. The van der Waals surface area contributed by atoms with Crippen molar-refractivity contribution in [3.63, 3.8) is 0 Å². The molecule has 1 aliphatic heterocycles. The second-order valence-corrected chi connectivity index (χ2v) is 6.70. The van der Waals surface area contributed by atoms with E-state index in [1.54, 1.807) is 12.1 Å². The van der Waals surface area contributed by atoms with Gasteiger partial charge in [0.1, 0.15) is 0 Å². The number of halogens is 2. The van der Waals surface area contributed by atoms with E-state index in [9.17, 15) is 4.79 Å². The van der Waals surface area contributed by atoms with E-state index in [2.05, 4.69) is 10.2 Å². The van der Waals surface area contributed by atoms with Crippen LogP contribution >= 0.6 is 24.0 Å². The van der Waals surface area contributed by atoms with Crippen LogP contribution in [-0.4, -0.2) is 43.7 Å². The van der Waals surface area contributed by atoms with Gasteiger partial charge in [0.25, 0.3) is 5.91 Å². The van der Waals surface area contributed by atoms with Gasteiger partial charge < -0.3 is 15.8 Å². The van der Waals surface area contributed by atoms with Gasteiger partial charge >= 0.3 is 0 Å². The van der Waals surface area contributed by atoms with Crippen LogP contribution in [0.25, 0.3) is 0 Å². The van der Waals surface area contributed by atoms with Crippen LogP contribution in [0.5, 0.6) is 0 Å². The normalized spacial score (nSPS) is 15.6. The number of hydrogen-bond donors (Lipinski definition) is 2. The Morgan fingerprint density at radius 2 is 1.81 bits per heavy atom. The van der Waals surface area contributed by atoms with Gasteiger partial charge in [0.15, 0.2) is 0 Å². The highest BCUT2D eigenvalue weighted by atomic mass is 35.5. The number of benzene rings is 2. The minimum Gasteiger partial charge on any atom is -0.379 e. The van der Waals surface area contributed by atoms with Crippen LogP contribution in [0.2, 0.25) is 5.02 Å². The van der Waals surface area contributed by atoms with E-state index in [1.807, 2.05) is 36.4 Å². The fraction of sp³-hybridized carbons (Fsp3) is 0.350. The lowest BCUT2D eigenvalue weighted by Gasteiger charge is -2.35. The lowest BCUT2D eigenvalue weighted by molar-refractivity contribution is 0.0162. The topological polar surface area (TPSA) is 67.6 Å². The molecule has 1 fully saturated rings. The number of amides is 1. The first-order chi connectivity index (χ1) is 12.7. The molecule has 0 radical (unpaired) electrons. The Morgan fingerprint density at radius 1 is 1.15 bits per heavy atom. The molecule has 0 aliphatic carbocycles. The van der Waals surface area contributed by atoms with Crippen LogP contribution < -0.4 is 11.1 Å². The van der Waals surface area contributed by atoms with Crippen molar-refractivity contribution in [2.45, 2.75) is 12.6 Å². The smallest absolute Gasteiger partial charge is 0.251 e. The largest absolute Gasteiger partial charge is 0.379 e. The zero-order valence-corrected chi connectivity index (χ0v) is 16.6. The molecule has 2 aromatic carbocycles. The minimum atomic E-state index is -0.0983. The highest BCUT2D eigenvalue weighted by molar-refractivity contribution is 6.31. The molecular weight excluding hydrogens is 385 g/mol. The van der Waals surface area contributed by atoms with E-state index in [4.69, 9.17) is 22.1 Å². The Kier molecular flexibility index (Phi) is 8.54. The van der Waals surface area contributed by atoms with Gasteiger partial charge in [0.05, 0.1) is 19.3 Å². The maximum atomic E-state index is 12.5. The molecule has 1 saturated heterocycles. The van der Waals surface area contributed by atoms with E-state index in [0.717, 1.165) is 24.2 Å². The number of hydrogen-bond acceptors (Lipinski definition) is 4. The highest BCUT2D eigenvalue weighted by Crippen LogP contribution is 2.27. The molecule has 1 amide bonds. The first-order valence-electron chi connectivity index (χ1n) is 8.82. The second kappa shape index (κ2) is 10.6. The van der Waals surface area contributed by atoms with Crippen molar-refractivity contribution in [2.75, 3.05) is 32.8 Å². The first-order valence-corrected chi connectivity index (χ1v) is 9.20. The molecule has 0 bridgehead atoms. The summed E-state index contributed by atoms with van der Waals surface area (Å²) in [5.74, 6) is -0.0983. The summed E-state index contributed by atoms with van der Waals surface area (Å²) in [5, 5.41) is 3.76. The number of nitrogens with one attached hydrogen (secondary N) is 1. The molecule has 5 nitrogen and oxygen atoms in total. The number of nitrogens with zero attached hydrogens (tertiary/aromatic N) is 1. The van der Waals surface area contributed by atoms with Gasteiger partial charge in [-0.15, -0.1) is 12.4 Å². The van der Waals surface area contributed by atoms with Crippen LogP contribution in [-0.2, 0) is 11.3 Å². The summed E-state index contributed by atoms with van der Waals surface area (Å²) in [7, 11) is 0. The predicted molar refractivity (Wildman–Crippen MR) is 110 cm³/mol. The Morgan fingerprint density at radius 3 is 2.44 bits per heavy atom. The van der Waals surface area contributed by atoms with E-state index < -0.39 is 0 Å². The fourth-order valence-electron chi connectivity index (χ4n) is 3.15. The molecule has 27 heavy (non-hydrogen) atoms. The maximum absolute atomic E-state index is 12.5. The standard InChI is InChI=1S/C20H24ClN3O2.ClH/c21-18-4-2-1-3-17(18)19(24-9-11-26-12-10-24)14-23-20(25)16-7-5-15(13-22)6-8-16;/h1-8,19H,9-14,22H2,(H,23,25);1H. The Labute approximate surface area is 171 Å². The summed E-state index contributed by atoms with van der Waals surface area (Å²) in [6.07, 6.45) is 0. The van der Waals surface area contributed by atoms with Crippen molar-refractivity contribution >= 4 is 29.9 Å². The average Bonchev–Trinajstić information content (AvgIpc) is 2.70. The van der Waals surface area contributed by atoms with Gasteiger partial charge in [-0.2, -0.15) is 0 Å². The molecule has 3 rings (SSSR count). The molecule has 1 atom stereocenters. The predicted octanol–water partition coefficient (Wildman–Crippen LogP) is 3.02. The summed E-state index contributed by atoms with van der Waals surface area (Å²) in [4.78, 5) is 14.8. The summed E-state index contributed by atoms with van der Waals surface area (Å²) in [5.41, 5.74) is 8.26. The van der Waals surface area contributed by atoms with Crippen molar-refractivity contribution in [3.8, 4) is 0 Å². The molecule has 7 heteroatoms. The zero-order valence-electron chi connectivity index (χ0n) is 15.1. The number of carbonyl (C=O) groups is 1. The molecular formula is C20H25Cl2N3O2. The SMILES string of the molecule is Cl.NCc1ccc(C(=O)NCC(c2ccccc2Cl)N2CCOCC2)cc1.